The Bertz CT molecular complexity index is 639. The van der Waals surface area contributed by atoms with Crippen LogP contribution in [0.2, 0.25) is 0 Å². The molecule has 1 amide bonds. The summed E-state index contributed by atoms with van der Waals surface area (Å²) in [6.45, 7) is 3.89. The molecule has 0 atom stereocenters. The lowest BCUT2D eigenvalue weighted by Crippen LogP contribution is -2.24. The summed E-state index contributed by atoms with van der Waals surface area (Å²) in [5.41, 5.74) is 5.44. The van der Waals surface area contributed by atoms with Crippen LogP contribution in [0.1, 0.15) is 16.7 Å². The molecule has 0 bridgehead atoms. The van der Waals surface area contributed by atoms with Crippen molar-refractivity contribution in [2.45, 2.75) is 13.8 Å². The number of amides is 1. The van der Waals surface area contributed by atoms with Crippen molar-refractivity contribution in [2.24, 2.45) is 5.10 Å². The Balaban J connectivity index is 1.81. The van der Waals surface area contributed by atoms with Crippen molar-refractivity contribution in [3.05, 3.63) is 59.4 Å². The van der Waals surface area contributed by atoms with Gasteiger partial charge >= 0.3 is 0 Å². The minimum atomic E-state index is -0.305. The molecule has 108 valence electrons. The molecule has 0 unspecified atom stereocenters. The van der Waals surface area contributed by atoms with Crippen LogP contribution in [0, 0.1) is 13.8 Å². The summed E-state index contributed by atoms with van der Waals surface area (Å²) in [5.74, 6) is 0.397. The molecule has 2 rings (SSSR count). The van der Waals surface area contributed by atoms with Crippen molar-refractivity contribution in [2.75, 3.05) is 6.61 Å². The van der Waals surface area contributed by atoms with Crippen LogP contribution >= 0.6 is 0 Å². The second kappa shape index (κ2) is 7.19. The van der Waals surface area contributed by atoms with Gasteiger partial charge in [0.05, 0.1) is 6.21 Å². The fourth-order valence-corrected chi connectivity index (χ4v) is 1.77. The quantitative estimate of drug-likeness (QED) is 0.676. The average Bonchev–Trinajstić information content (AvgIpc) is 2.47. The zero-order valence-electron chi connectivity index (χ0n) is 12.0. The highest BCUT2D eigenvalue weighted by Gasteiger charge is 2.03. The number of carbonyl (C=O) groups is 1. The van der Waals surface area contributed by atoms with Gasteiger partial charge in [-0.15, -0.1) is 0 Å². The van der Waals surface area contributed by atoms with Gasteiger partial charge < -0.3 is 4.74 Å². The molecule has 0 aliphatic rings. The molecule has 1 N–H and O–H groups in total. The van der Waals surface area contributed by atoms with Gasteiger partial charge in [0.2, 0.25) is 0 Å². The van der Waals surface area contributed by atoms with Crippen LogP contribution in [0.3, 0.4) is 0 Å². The van der Waals surface area contributed by atoms with E-state index < -0.39 is 0 Å². The topological polar surface area (TPSA) is 63.6 Å². The first-order chi connectivity index (χ1) is 10.1. The number of hydrogen-bond acceptors (Lipinski definition) is 4. The van der Waals surface area contributed by atoms with E-state index in [9.17, 15) is 4.79 Å². The van der Waals surface area contributed by atoms with Gasteiger partial charge in [0.25, 0.3) is 5.91 Å². The van der Waals surface area contributed by atoms with Gasteiger partial charge in [-0.1, -0.05) is 17.7 Å². The van der Waals surface area contributed by atoms with Crippen molar-refractivity contribution < 1.29 is 9.53 Å². The number of ether oxygens (including phenoxy) is 1. The Kier molecular flexibility index (Phi) is 5.04. The van der Waals surface area contributed by atoms with Crippen molar-refractivity contribution in [3.8, 4) is 5.75 Å². The lowest BCUT2D eigenvalue weighted by molar-refractivity contribution is -0.123. The van der Waals surface area contributed by atoms with Crippen LogP contribution in [0.15, 0.2) is 47.8 Å². The highest BCUT2D eigenvalue weighted by Crippen LogP contribution is 2.18. The summed E-state index contributed by atoms with van der Waals surface area (Å²) in [7, 11) is 0. The third kappa shape index (κ3) is 4.72. The SMILES string of the molecule is Cc1ccc(OCC(=O)NN=Cc2ccncc2)c(C)c1. The summed E-state index contributed by atoms with van der Waals surface area (Å²) in [5, 5.41) is 3.86. The van der Waals surface area contributed by atoms with E-state index in [4.69, 9.17) is 4.74 Å². The van der Waals surface area contributed by atoms with Gasteiger partial charge in [-0.25, -0.2) is 5.43 Å². The van der Waals surface area contributed by atoms with Crippen LogP contribution in [-0.2, 0) is 4.79 Å². The minimum Gasteiger partial charge on any atom is -0.483 e. The summed E-state index contributed by atoms with van der Waals surface area (Å²) in [4.78, 5) is 15.5. The summed E-state index contributed by atoms with van der Waals surface area (Å²) in [6, 6.07) is 9.40. The van der Waals surface area contributed by atoms with Gasteiger partial charge in [0.1, 0.15) is 5.75 Å². The molecule has 1 aromatic heterocycles. The number of hydrogen-bond donors (Lipinski definition) is 1. The number of benzene rings is 1. The molecule has 1 aromatic carbocycles. The Morgan fingerprint density at radius 1 is 1.29 bits per heavy atom. The van der Waals surface area contributed by atoms with Crippen LogP contribution in [0.5, 0.6) is 5.75 Å². The summed E-state index contributed by atoms with van der Waals surface area (Å²) < 4.78 is 5.46. The third-order valence-corrected chi connectivity index (χ3v) is 2.80. The van der Waals surface area contributed by atoms with Crippen LogP contribution in [-0.4, -0.2) is 23.7 Å². The maximum Gasteiger partial charge on any atom is 0.277 e. The molecule has 0 radical (unpaired) electrons. The summed E-state index contributed by atoms with van der Waals surface area (Å²) >= 11 is 0. The van der Waals surface area contributed by atoms with E-state index in [0.29, 0.717) is 5.75 Å². The molecule has 5 nitrogen and oxygen atoms in total. The maximum absolute atomic E-state index is 11.6. The van der Waals surface area contributed by atoms with Gasteiger partial charge in [0, 0.05) is 12.4 Å². The molecule has 0 spiro atoms. The lowest BCUT2D eigenvalue weighted by Gasteiger charge is -2.08. The molecule has 0 saturated heterocycles. The molecule has 0 aliphatic carbocycles. The number of carbonyl (C=O) groups excluding carboxylic acids is 1. The Hall–Kier alpha value is -2.69. The summed E-state index contributed by atoms with van der Waals surface area (Å²) in [6.07, 6.45) is 4.87. The molecule has 2 aromatic rings. The molecule has 1 heterocycles. The second-order valence-corrected chi connectivity index (χ2v) is 4.63. The number of pyridine rings is 1. The first-order valence-corrected chi connectivity index (χ1v) is 6.57. The monoisotopic (exact) mass is 283 g/mol. The molecule has 5 heteroatoms. The van der Waals surface area contributed by atoms with E-state index in [0.717, 1.165) is 16.7 Å². The van der Waals surface area contributed by atoms with Gasteiger partial charge in [0.15, 0.2) is 6.61 Å². The normalized spacial score (nSPS) is 10.6. The van der Waals surface area contributed by atoms with E-state index in [1.54, 1.807) is 30.7 Å². The lowest BCUT2D eigenvalue weighted by atomic mass is 10.1. The largest absolute Gasteiger partial charge is 0.483 e. The first-order valence-electron chi connectivity index (χ1n) is 6.57. The molecule has 21 heavy (non-hydrogen) atoms. The molecular weight excluding hydrogens is 266 g/mol. The van der Waals surface area contributed by atoms with Crippen LogP contribution < -0.4 is 10.2 Å². The van der Waals surface area contributed by atoms with E-state index in [1.165, 1.54) is 0 Å². The van der Waals surface area contributed by atoms with Crippen LogP contribution in [0.4, 0.5) is 0 Å². The zero-order valence-corrected chi connectivity index (χ0v) is 12.0. The van der Waals surface area contributed by atoms with Crippen molar-refractivity contribution >= 4 is 12.1 Å². The minimum absolute atomic E-state index is 0.0718. The predicted molar refractivity (Wildman–Crippen MR) is 81.4 cm³/mol. The smallest absolute Gasteiger partial charge is 0.277 e. The van der Waals surface area contributed by atoms with E-state index in [-0.39, 0.29) is 12.5 Å². The Morgan fingerprint density at radius 3 is 2.76 bits per heavy atom. The third-order valence-electron chi connectivity index (χ3n) is 2.80. The van der Waals surface area contributed by atoms with Gasteiger partial charge in [-0.05, 0) is 43.2 Å². The Morgan fingerprint density at radius 2 is 2.05 bits per heavy atom. The molecular formula is C16H17N3O2. The number of nitrogens with zero attached hydrogens (tertiary/aromatic N) is 2. The fraction of sp³-hybridized carbons (Fsp3) is 0.188. The second-order valence-electron chi connectivity index (χ2n) is 4.63. The highest BCUT2D eigenvalue weighted by molar-refractivity contribution is 5.82. The van der Waals surface area contributed by atoms with Crippen LogP contribution in [0.25, 0.3) is 0 Å². The number of nitrogens with one attached hydrogen (secondary N) is 1. The molecule has 0 aliphatic heterocycles. The number of aromatic nitrogens is 1. The zero-order chi connectivity index (χ0) is 15.1. The van der Waals surface area contributed by atoms with E-state index in [2.05, 4.69) is 15.5 Å². The maximum atomic E-state index is 11.6. The van der Waals surface area contributed by atoms with Crippen molar-refractivity contribution in [1.29, 1.82) is 0 Å². The van der Waals surface area contributed by atoms with Gasteiger partial charge in [-0.2, -0.15) is 5.10 Å². The standard InChI is InChI=1S/C16H17N3O2/c1-12-3-4-15(13(2)9-12)21-11-16(20)19-18-10-14-5-7-17-8-6-14/h3-10H,11H2,1-2H3,(H,19,20). The molecule has 0 saturated carbocycles. The average molecular weight is 283 g/mol. The molecule has 0 fully saturated rings. The Labute approximate surface area is 123 Å². The van der Waals surface area contributed by atoms with Crippen molar-refractivity contribution in [1.82, 2.24) is 10.4 Å². The van der Waals surface area contributed by atoms with Crippen molar-refractivity contribution in [3.63, 3.8) is 0 Å². The predicted octanol–water partition coefficient (Wildman–Crippen LogP) is 2.23. The first kappa shape index (κ1) is 14.7. The fourth-order valence-electron chi connectivity index (χ4n) is 1.77. The highest BCUT2D eigenvalue weighted by atomic mass is 16.5. The number of hydrazone groups is 1. The number of rotatable bonds is 5. The van der Waals surface area contributed by atoms with Gasteiger partial charge in [-0.3, -0.25) is 9.78 Å². The van der Waals surface area contributed by atoms with E-state index >= 15 is 0 Å². The van der Waals surface area contributed by atoms with E-state index in [1.807, 2.05) is 32.0 Å². The number of aryl methyl sites for hydroxylation is 2.